The van der Waals surface area contributed by atoms with Crippen LogP contribution in [-0.2, 0) is 4.79 Å². The zero-order valence-electron chi connectivity index (χ0n) is 8.47. The number of rotatable bonds is 3. The van der Waals surface area contributed by atoms with Crippen molar-refractivity contribution < 1.29 is 9.90 Å². The number of aliphatic hydroxyl groups excluding tert-OH is 1. The fraction of sp³-hybridized carbons (Fsp3) is 0.0909. The number of H-pyrrole nitrogens is 1. The lowest BCUT2D eigenvalue weighted by Gasteiger charge is -2.03. The number of anilines is 1. The SMILES string of the molecule is O=C(CO)Nc1ccc(-c2ncc[nH]2)cc1. The number of aliphatic hydroxyl groups is 1. The van der Waals surface area contributed by atoms with Gasteiger partial charge in [0.05, 0.1) is 0 Å². The molecule has 0 fully saturated rings. The number of nitrogens with zero attached hydrogens (tertiary/aromatic N) is 1. The van der Waals surface area contributed by atoms with Crippen molar-refractivity contribution in [1.29, 1.82) is 0 Å². The van der Waals surface area contributed by atoms with Crippen molar-refractivity contribution in [2.24, 2.45) is 0 Å². The van der Waals surface area contributed by atoms with Crippen molar-refractivity contribution in [2.45, 2.75) is 0 Å². The van der Waals surface area contributed by atoms with Crippen LogP contribution in [0.3, 0.4) is 0 Å². The molecule has 0 aliphatic heterocycles. The molecule has 3 N–H and O–H groups in total. The van der Waals surface area contributed by atoms with Gasteiger partial charge in [0.25, 0.3) is 0 Å². The van der Waals surface area contributed by atoms with Gasteiger partial charge in [-0.2, -0.15) is 0 Å². The van der Waals surface area contributed by atoms with Gasteiger partial charge in [-0.25, -0.2) is 4.98 Å². The van der Waals surface area contributed by atoms with E-state index in [1.165, 1.54) is 0 Å². The third-order valence-electron chi connectivity index (χ3n) is 2.08. The van der Waals surface area contributed by atoms with Crippen LogP contribution in [-0.4, -0.2) is 27.6 Å². The number of aromatic nitrogens is 2. The summed E-state index contributed by atoms with van der Waals surface area (Å²) in [5.74, 6) is 0.353. The van der Waals surface area contributed by atoms with Crippen molar-refractivity contribution in [3.05, 3.63) is 36.7 Å². The number of benzene rings is 1. The van der Waals surface area contributed by atoms with Crippen molar-refractivity contribution >= 4 is 11.6 Å². The lowest BCUT2D eigenvalue weighted by molar-refractivity contribution is -0.118. The highest BCUT2D eigenvalue weighted by Gasteiger charge is 2.01. The fourth-order valence-electron chi connectivity index (χ4n) is 1.34. The smallest absolute Gasteiger partial charge is 0.250 e. The van der Waals surface area contributed by atoms with Crippen LogP contribution < -0.4 is 5.32 Å². The molecule has 82 valence electrons. The molecule has 1 aromatic heterocycles. The van der Waals surface area contributed by atoms with Crippen LogP contribution in [0.1, 0.15) is 0 Å². The topological polar surface area (TPSA) is 78.0 Å². The average Bonchev–Trinajstić information content (AvgIpc) is 2.83. The summed E-state index contributed by atoms with van der Waals surface area (Å²) in [6, 6.07) is 7.19. The second-order valence-corrected chi connectivity index (χ2v) is 3.22. The second-order valence-electron chi connectivity index (χ2n) is 3.22. The number of hydrogen-bond acceptors (Lipinski definition) is 3. The summed E-state index contributed by atoms with van der Waals surface area (Å²) in [5, 5.41) is 11.1. The van der Waals surface area contributed by atoms with E-state index in [1.54, 1.807) is 24.5 Å². The standard InChI is InChI=1S/C11H11N3O2/c15-7-10(16)14-9-3-1-8(2-4-9)11-12-5-6-13-11/h1-6,15H,7H2,(H,12,13)(H,14,16). The molecule has 0 spiro atoms. The Balaban J connectivity index is 2.14. The first-order valence-corrected chi connectivity index (χ1v) is 4.80. The van der Waals surface area contributed by atoms with Crippen molar-refractivity contribution in [1.82, 2.24) is 9.97 Å². The van der Waals surface area contributed by atoms with Gasteiger partial charge in [-0.3, -0.25) is 4.79 Å². The number of aromatic amines is 1. The van der Waals surface area contributed by atoms with Crippen LogP contribution in [0.25, 0.3) is 11.4 Å². The van der Waals surface area contributed by atoms with Gasteiger partial charge in [0.1, 0.15) is 12.4 Å². The third-order valence-corrected chi connectivity index (χ3v) is 2.08. The zero-order chi connectivity index (χ0) is 11.4. The molecule has 0 unspecified atom stereocenters. The lowest BCUT2D eigenvalue weighted by atomic mass is 10.2. The van der Waals surface area contributed by atoms with E-state index in [0.29, 0.717) is 5.69 Å². The van der Waals surface area contributed by atoms with Gasteiger partial charge in [0.15, 0.2) is 0 Å². The molecule has 2 rings (SSSR count). The molecule has 16 heavy (non-hydrogen) atoms. The minimum absolute atomic E-state index is 0.425. The molecule has 0 atom stereocenters. The van der Waals surface area contributed by atoms with Crippen LogP contribution in [0.15, 0.2) is 36.7 Å². The molecule has 1 aromatic carbocycles. The number of imidazole rings is 1. The molecule has 5 heteroatoms. The molecule has 0 radical (unpaired) electrons. The molecular formula is C11H11N3O2. The van der Waals surface area contributed by atoms with Gasteiger partial charge in [-0.05, 0) is 24.3 Å². The minimum atomic E-state index is -0.514. The molecule has 1 amide bonds. The number of carbonyl (C=O) groups is 1. The zero-order valence-corrected chi connectivity index (χ0v) is 8.47. The highest BCUT2D eigenvalue weighted by Crippen LogP contribution is 2.17. The van der Waals surface area contributed by atoms with Gasteiger partial charge < -0.3 is 15.4 Å². The largest absolute Gasteiger partial charge is 0.387 e. The van der Waals surface area contributed by atoms with E-state index in [2.05, 4.69) is 15.3 Å². The lowest BCUT2D eigenvalue weighted by Crippen LogP contribution is -2.15. The molecule has 0 aliphatic rings. The summed E-state index contributed by atoms with van der Waals surface area (Å²) in [4.78, 5) is 18.0. The highest BCUT2D eigenvalue weighted by molar-refractivity contribution is 5.91. The quantitative estimate of drug-likeness (QED) is 0.717. The normalized spacial score (nSPS) is 10.1. The minimum Gasteiger partial charge on any atom is -0.387 e. The molecule has 1 heterocycles. The molecule has 0 bridgehead atoms. The van der Waals surface area contributed by atoms with Gasteiger partial charge >= 0.3 is 0 Å². The first kappa shape index (κ1) is 10.4. The predicted octanol–water partition coefficient (Wildman–Crippen LogP) is 1.01. The van der Waals surface area contributed by atoms with Crippen LogP contribution in [0.4, 0.5) is 5.69 Å². The Morgan fingerprint density at radius 3 is 2.69 bits per heavy atom. The number of carbonyl (C=O) groups excluding carboxylic acids is 1. The molecular weight excluding hydrogens is 206 g/mol. The Morgan fingerprint density at radius 1 is 1.38 bits per heavy atom. The Morgan fingerprint density at radius 2 is 2.12 bits per heavy atom. The summed E-state index contributed by atoms with van der Waals surface area (Å²) in [5.41, 5.74) is 1.58. The molecule has 0 aliphatic carbocycles. The monoisotopic (exact) mass is 217 g/mol. The van der Waals surface area contributed by atoms with Crippen LogP contribution in [0, 0.1) is 0 Å². The summed E-state index contributed by atoms with van der Waals surface area (Å²) in [7, 11) is 0. The number of hydrogen-bond donors (Lipinski definition) is 3. The van der Waals surface area contributed by atoms with Crippen LogP contribution in [0.5, 0.6) is 0 Å². The summed E-state index contributed by atoms with van der Waals surface area (Å²) in [6.07, 6.45) is 3.42. The summed E-state index contributed by atoms with van der Waals surface area (Å²) >= 11 is 0. The van der Waals surface area contributed by atoms with Gasteiger partial charge in [0.2, 0.25) is 5.91 Å². The molecule has 2 aromatic rings. The second kappa shape index (κ2) is 4.59. The van der Waals surface area contributed by atoms with E-state index < -0.39 is 12.5 Å². The van der Waals surface area contributed by atoms with Crippen LogP contribution >= 0.6 is 0 Å². The van der Waals surface area contributed by atoms with E-state index in [9.17, 15) is 4.79 Å². The average molecular weight is 217 g/mol. The van der Waals surface area contributed by atoms with Crippen molar-refractivity contribution in [3.63, 3.8) is 0 Å². The predicted molar refractivity (Wildman–Crippen MR) is 59.7 cm³/mol. The Kier molecular flexibility index (Phi) is 2.98. The van der Waals surface area contributed by atoms with Gasteiger partial charge in [-0.1, -0.05) is 0 Å². The number of nitrogens with one attached hydrogen (secondary N) is 2. The number of amides is 1. The van der Waals surface area contributed by atoms with E-state index in [0.717, 1.165) is 11.4 Å². The molecule has 0 saturated heterocycles. The van der Waals surface area contributed by atoms with Gasteiger partial charge in [0, 0.05) is 23.6 Å². The summed E-state index contributed by atoms with van der Waals surface area (Å²) < 4.78 is 0. The van der Waals surface area contributed by atoms with E-state index >= 15 is 0 Å². The first-order valence-electron chi connectivity index (χ1n) is 4.80. The maximum absolute atomic E-state index is 10.9. The Bertz CT molecular complexity index is 462. The van der Waals surface area contributed by atoms with E-state index in [-0.39, 0.29) is 0 Å². The highest BCUT2D eigenvalue weighted by atomic mass is 16.3. The van der Waals surface area contributed by atoms with Gasteiger partial charge in [-0.15, -0.1) is 0 Å². The Labute approximate surface area is 92.2 Å². The fourth-order valence-corrected chi connectivity index (χ4v) is 1.34. The maximum Gasteiger partial charge on any atom is 0.250 e. The van der Waals surface area contributed by atoms with Crippen molar-refractivity contribution in [2.75, 3.05) is 11.9 Å². The van der Waals surface area contributed by atoms with Crippen LogP contribution in [0.2, 0.25) is 0 Å². The van der Waals surface area contributed by atoms with Crippen molar-refractivity contribution in [3.8, 4) is 11.4 Å². The Hall–Kier alpha value is -2.14. The van der Waals surface area contributed by atoms with E-state index in [1.807, 2.05) is 12.1 Å². The maximum atomic E-state index is 10.9. The molecule has 0 saturated carbocycles. The first-order chi connectivity index (χ1) is 7.79. The third kappa shape index (κ3) is 2.26. The van der Waals surface area contributed by atoms with E-state index in [4.69, 9.17) is 5.11 Å². The summed E-state index contributed by atoms with van der Waals surface area (Å²) in [6.45, 7) is -0.514. The molecule has 5 nitrogen and oxygen atoms in total.